The Bertz CT molecular complexity index is 629. The van der Waals surface area contributed by atoms with Crippen LogP contribution >= 0.6 is 0 Å². The average Bonchev–Trinajstić information content (AvgIpc) is 2.33. The summed E-state index contributed by atoms with van der Waals surface area (Å²) in [4.78, 5) is 14.2. The first-order chi connectivity index (χ1) is 8.52. The third-order valence-corrected chi connectivity index (χ3v) is 2.36. The van der Waals surface area contributed by atoms with Gasteiger partial charge in [0.15, 0.2) is 11.6 Å². The first-order valence-electron chi connectivity index (χ1n) is 4.84. The van der Waals surface area contributed by atoms with Crippen molar-refractivity contribution in [3.8, 4) is 11.1 Å². The standard InChI is InChI=1S/C12H6F3NO2/c13-8-3-1-2-6(10(8)14)9-7(12(17)18)4-5-16-11(9)15/h1-5H,(H,17,18). The number of carboxylic acids is 1. The summed E-state index contributed by atoms with van der Waals surface area (Å²) >= 11 is 0. The average molecular weight is 253 g/mol. The van der Waals surface area contributed by atoms with Crippen LogP contribution in [0.5, 0.6) is 0 Å². The predicted molar refractivity (Wildman–Crippen MR) is 56.5 cm³/mol. The lowest BCUT2D eigenvalue weighted by Crippen LogP contribution is -2.04. The maximum absolute atomic E-state index is 13.5. The van der Waals surface area contributed by atoms with Crippen LogP contribution in [0.25, 0.3) is 11.1 Å². The summed E-state index contributed by atoms with van der Waals surface area (Å²) in [6.45, 7) is 0. The molecule has 0 aliphatic carbocycles. The number of aromatic carboxylic acids is 1. The highest BCUT2D eigenvalue weighted by molar-refractivity contribution is 5.95. The fraction of sp³-hybridized carbons (Fsp3) is 0. The zero-order valence-electron chi connectivity index (χ0n) is 8.82. The molecular weight excluding hydrogens is 247 g/mol. The van der Waals surface area contributed by atoms with Gasteiger partial charge in [-0.15, -0.1) is 0 Å². The molecule has 2 aromatic rings. The van der Waals surface area contributed by atoms with Crippen LogP contribution in [0, 0.1) is 17.6 Å². The Morgan fingerprint density at radius 2 is 1.89 bits per heavy atom. The summed E-state index contributed by atoms with van der Waals surface area (Å²) in [5.41, 5.74) is -1.52. The van der Waals surface area contributed by atoms with Gasteiger partial charge < -0.3 is 5.11 Å². The minimum absolute atomic E-state index is 0.474. The molecule has 1 heterocycles. The maximum Gasteiger partial charge on any atom is 0.336 e. The van der Waals surface area contributed by atoms with Crippen molar-refractivity contribution >= 4 is 5.97 Å². The van der Waals surface area contributed by atoms with Gasteiger partial charge in [0.05, 0.1) is 11.1 Å². The number of carbonyl (C=O) groups is 1. The number of hydrogen-bond acceptors (Lipinski definition) is 2. The Hall–Kier alpha value is -2.37. The molecule has 6 heteroatoms. The third kappa shape index (κ3) is 1.92. The number of aromatic nitrogens is 1. The van der Waals surface area contributed by atoms with Crippen LogP contribution in [0.3, 0.4) is 0 Å². The molecule has 3 nitrogen and oxygen atoms in total. The van der Waals surface area contributed by atoms with Gasteiger partial charge in [0.25, 0.3) is 0 Å². The summed E-state index contributed by atoms with van der Waals surface area (Å²) in [6.07, 6.45) is 0.944. The third-order valence-electron chi connectivity index (χ3n) is 2.36. The largest absolute Gasteiger partial charge is 0.478 e. The van der Waals surface area contributed by atoms with E-state index in [1.807, 2.05) is 0 Å². The molecule has 92 valence electrons. The van der Waals surface area contributed by atoms with Crippen LogP contribution in [0.4, 0.5) is 13.2 Å². The van der Waals surface area contributed by atoms with Crippen molar-refractivity contribution in [1.82, 2.24) is 4.98 Å². The SMILES string of the molecule is O=C(O)c1ccnc(F)c1-c1cccc(F)c1F. The van der Waals surface area contributed by atoms with Gasteiger partial charge in [-0.05, 0) is 12.1 Å². The molecule has 0 atom stereocenters. The van der Waals surface area contributed by atoms with Gasteiger partial charge in [0.1, 0.15) is 0 Å². The number of benzene rings is 1. The molecule has 0 aliphatic rings. The van der Waals surface area contributed by atoms with Crippen LogP contribution in [-0.2, 0) is 0 Å². The van der Waals surface area contributed by atoms with E-state index in [1.54, 1.807) is 0 Å². The van der Waals surface area contributed by atoms with E-state index in [0.717, 1.165) is 30.5 Å². The lowest BCUT2D eigenvalue weighted by atomic mass is 10.0. The smallest absolute Gasteiger partial charge is 0.336 e. The van der Waals surface area contributed by atoms with E-state index in [1.165, 1.54) is 0 Å². The first-order valence-corrected chi connectivity index (χ1v) is 4.84. The summed E-state index contributed by atoms with van der Waals surface area (Å²) in [5.74, 6) is -5.12. The topological polar surface area (TPSA) is 50.2 Å². The van der Waals surface area contributed by atoms with Gasteiger partial charge in [0.2, 0.25) is 5.95 Å². The molecule has 0 aliphatic heterocycles. The molecule has 0 amide bonds. The second-order valence-electron chi connectivity index (χ2n) is 3.43. The molecule has 2 rings (SSSR count). The molecule has 1 aromatic heterocycles. The van der Waals surface area contributed by atoms with Crippen molar-refractivity contribution in [2.75, 3.05) is 0 Å². The maximum atomic E-state index is 13.5. The minimum Gasteiger partial charge on any atom is -0.478 e. The molecule has 1 N–H and O–H groups in total. The molecular formula is C12H6F3NO2. The van der Waals surface area contributed by atoms with E-state index >= 15 is 0 Å². The lowest BCUT2D eigenvalue weighted by Gasteiger charge is -2.08. The van der Waals surface area contributed by atoms with Gasteiger partial charge in [-0.1, -0.05) is 12.1 Å². The fourth-order valence-corrected chi connectivity index (χ4v) is 1.57. The number of nitrogens with zero attached hydrogens (tertiary/aromatic N) is 1. The summed E-state index contributed by atoms with van der Waals surface area (Å²) in [6, 6.07) is 4.12. The highest BCUT2D eigenvalue weighted by Gasteiger charge is 2.21. The van der Waals surface area contributed by atoms with Crippen molar-refractivity contribution in [1.29, 1.82) is 0 Å². The van der Waals surface area contributed by atoms with Crippen molar-refractivity contribution in [3.05, 3.63) is 53.6 Å². The van der Waals surface area contributed by atoms with E-state index in [2.05, 4.69) is 4.98 Å². The fourth-order valence-electron chi connectivity index (χ4n) is 1.57. The van der Waals surface area contributed by atoms with Crippen LogP contribution in [0.2, 0.25) is 0 Å². The monoisotopic (exact) mass is 253 g/mol. The molecule has 0 radical (unpaired) electrons. The number of halogens is 3. The van der Waals surface area contributed by atoms with E-state index in [-0.39, 0.29) is 0 Å². The van der Waals surface area contributed by atoms with Gasteiger partial charge in [-0.25, -0.2) is 18.6 Å². The Morgan fingerprint density at radius 3 is 2.56 bits per heavy atom. The number of rotatable bonds is 2. The quantitative estimate of drug-likeness (QED) is 0.837. The van der Waals surface area contributed by atoms with Crippen LogP contribution in [-0.4, -0.2) is 16.1 Å². The zero-order chi connectivity index (χ0) is 13.3. The Kier molecular flexibility index (Phi) is 3.01. The normalized spacial score (nSPS) is 10.4. The molecule has 0 fully saturated rings. The van der Waals surface area contributed by atoms with Gasteiger partial charge in [-0.2, -0.15) is 4.39 Å². The summed E-state index contributed by atoms with van der Waals surface area (Å²) < 4.78 is 40.2. The molecule has 1 aromatic carbocycles. The van der Waals surface area contributed by atoms with Gasteiger partial charge in [0, 0.05) is 11.8 Å². The van der Waals surface area contributed by atoms with E-state index in [4.69, 9.17) is 5.11 Å². The van der Waals surface area contributed by atoms with Crippen LogP contribution in [0.15, 0.2) is 30.5 Å². The van der Waals surface area contributed by atoms with Crippen LogP contribution in [0.1, 0.15) is 10.4 Å². The van der Waals surface area contributed by atoms with Gasteiger partial charge >= 0.3 is 5.97 Å². The lowest BCUT2D eigenvalue weighted by molar-refractivity contribution is 0.0697. The molecule has 0 unspecified atom stereocenters. The van der Waals surface area contributed by atoms with Gasteiger partial charge in [-0.3, -0.25) is 0 Å². The molecule has 0 saturated carbocycles. The van der Waals surface area contributed by atoms with Crippen LogP contribution < -0.4 is 0 Å². The van der Waals surface area contributed by atoms with E-state index in [0.29, 0.717) is 0 Å². The number of carboxylic acid groups (broad SMARTS) is 1. The second kappa shape index (κ2) is 4.48. The molecule has 0 saturated heterocycles. The number of pyridine rings is 1. The summed E-state index contributed by atoms with van der Waals surface area (Å²) in [7, 11) is 0. The van der Waals surface area contributed by atoms with E-state index in [9.17, 15) is 18.0 Å². The Labute approximate surface area is 99.5 Å². The Morgan fingerprint density at radius 1 is 1.17 bits per heavy atom. The van der Waals surface area contributed by atoms with E-state index < -0.39 is 40.2 Å². The summed E-state index contributed by atoms with van der Waals surface area (Å²) in [5, 5.41) is 8.90. The molecule has 0 spiro atoms. The molecule has 18 heavy (non-hydrogen) atoms. The zero-order valence-corrected chi connectivity index (χ0v) is 8.82. The second-order valence-corrected chi connectivity index (χ2v) is 3.43. The van der Waals surface area contributed by atoms with Crippen molar-refractivity contribution in [3.63, 3.8) is 0 Å². The minimum atomic E-state index is -1.45. The highest BCUT2D eigenvalue weighted by Crippen LogP contribution is 2.29. The van der Waals surface area contributed by atoms with Crippen molar-refractivity contribution in [2.45, 2.75) is 0 Å². The van der Waals surface area contributed by atoms with Crippen molar-refractivity contribution in [2.24, 2.45) is 0 Å². The highest BCUT2D eigenvalue weighted by atomic mass is 19.2. The first kappa shape index (κ1) is 12.1. The Balaban J connectivity index is 2.78. The number of hydrogen-bond donors (Lipinski definition) is 1. The predicted octanol–water partition coefficient (Wildman–Crippen LogP) is 2.86. The van der Waals surface area contributed by atoms with Crippen molar-refractivity contribution < 1.29 is 23.1 Å². The molecule has 0 bridgehead atoms.